The maximum Gasteiger partial charge on any atom is 0.303 e. The lowest BCUT2D eigenvalue weighted by Gasteiger charge is -2.64. The molecular formula is C32H46O8. The molecule has 0 aromatic rings. The fourth-order valence-electron chi connectivity index (χ4n) is 9.40. The summed E-state index contributed by atoms with van der Waals surface area (Å²) in [7, 11) is 0. The maximum atomic E-state index is 14.3. The number of fused-ring (bicyclic) bond motifs is 5. The Labute approximate surface area is 237 Å². The number of carbonyl (C=O) groups is 4. The topological polar surface area (TPSA) is 138 Å². The van der Waals surface area contributed by atoms with Crippen LogP contribution in [0.5, 0.6) is 0 Å². The molecule has 4 aliphatic carbocycles. The molecule has 0 saturated heterocycles. The van der Waals surface area contributed by atoms with Crippen LogP contribution in [0.4, 0.5) is 0 Å². The van der Waals surface area contributed by atoms with E-state index >= 15 is 0 Å². The maximum absolute atomic E-state index is 14.3. The highest BCUT2D eigenvalue weighted by Gasteiger charge is 2.74. The lowest BCUT2D eigenvalue weighted by Crippen LogP contribution is -2.65. The minimum Gasteiger partial charge on any atom is -0.456 e. The number of hydrogen-bond acceptors (Lipinski definition) is 8. The van der Waals surface area contributed by atoms with Gasteiger partial charge in [-0.3, -0.25) is 19.2 Å². The van der Waals surface area contributed by atoms with Crippen molar-refractivity contribution in [1.82, 2.24) is 0 Å². The summed E-state index contributed by atoms with van der Waals surface area (Å²) in [6.07, 6.45) is 3.55. The van der Waals surface area contributed by atoms with E-state index in [1.54, 1.807) is 13.8 Å². The van der Waals surface area contributed by atoms with E-state index in [-0.39, 0.29) is 36.2 Å². The molecule has 0 aliphatic heterocycles. The molecule has 0 aromatic heterocycles. The van der Waals surface area contributed by atoms with Crippen molar-refractivity contribution in [2.24, 2.45) is 39.4 Å². The van der Waals surface area contributed by atoms with Crippen LogP contribution in [0.3, 0.4) is 0 Å². The van der Waals surface area contributed by atoms with E-state index in [2.05, 4.69) is 13.0 Å². The van der Waals surface area contributed by atoms with Crippen molar-refractivity contribution in [1.29, 1.82) is 0 Å². The summed E-state index contributed by atoms with van der Waals surface area (Å²) in [6.45, 7) is 15.4. The van der Waals surface area contributed by atoms with Gasteiger partial charge >= 0.3 is 5.97 Å². The van der Waals surface area contributed by atoms with Crippen LogP contribution < -0.4 is 0 Å². The van der Waals surface area contributed by atoms with Gasteiger partial charge in [0.15, 0.2) is 11.6 Å². The molecule has 8 heteroatoms. The van der Waals surface area contributed by atoms with Crippen molar-refractivity contribution in [3.63, 3.8) is 0 Å². The van der Waals surface area contributed by atoms with Crippen LogP contribution in [0, 0.1) is 39.4 Å². The van der Waals surface area contributed by atoms with E-state index in [0.29, 0.717) is 12.8 Å². The molecular weight excluding hydrogens is 512 g/mol. The monoisotopic (exact) mass is 558 g/mol. The zero-order chi connectivity index (χ0) is 30.4. The summed E-state index contributed by atoms with van der Waals surface area (Å²) >= 11 is 0. The van der Waals surface area contributed by atoms with Crippen LogP contribution in [0.15, 0.2) is 23.8 Å². The Morgan fingerprint density at radius 3 is 2.23 bits per heavy atom. The fraction of sp³-hybridized carbons (Fsp3) is 0.750. The van der Waals surface area contributed by atoms with Crippen molar-refractivity contribution in [2.75, 3.05) is 0 Å². The molecule has 0 aromatic carbocycles. The average Bonchev–Trinajstić information content (AvgIpc) is 3.01. The van der Waals surface area contributed by atoms with Crippen molar-refractivity contribution in [3.05, 3.63) is 23.8 Å². The van der Waals surface area contributed by atoms with E-state index in [9.17, 15) is 34.5 Å². The highest BCUT2D eigenvalue weighted by Crippen LogP contribution is 2.74. The summed E-state index contributed by atoms with van der Waals surface area (Å²) in [5, 5.41) is 34.0. The van der Waals surface area contributed by atoms with Crippen LogP contribution in [-0.4, -0.2) is 62.0 Å². The standard InChI is InChI=1S/C32H46O8/c1-17(33)40-27(2,3)13-12-23(36)32(9,39)25-21(35)15-29(6)22-11-10-18-19(14-20(34)26(38)28(18,4)5)31(22,8)24(37)16-30(25,29)7/h10,12-13,19-22,25,34-35,39H,11,14-16H2,1-9H3/b13-12+/t19-,20+,21-,22?,25+,29?,30-,31+,32+/m1/s1. The molecule has 9 atom stereocenters. The first-order valence-electron chi connectivity index (χ1n) is 14.4. The van der Waals surface area contributed by atoms with Gasteiger partial charge in [0.1, 0.15) is 23.1 Å². The molecule has 0 radical (unpaired) electrons. The van der Waals surface area contributed by atoms with Crippen LogP contribution >= 0.6 is 0 Å². The quantitative estimate of drug-likeness (QED) is 0.265. The van der Waals surface area contributed by atoms with Gasteiger partial charge in [-0.2, -0.15) is 0 Å². The lowest BCUT2D eigenvalue weighted by molar-refractivity contribution is -0.183. The second kappa shape index (κ2) is 9.17. The molecule has 3 fully saturated rings. The van der Waals surface area contributed by atoms with Gasteiger partial charge < -0.3 is 20.1 Å². The third-order valence-corrected chi connectivity index (χ3v) is 11.5. The molecule has 0 bridgehead atoms. The van der Waals surface area contributed by atoms with Gasteiger partial charge in [-0.25, -0.2) is 0 Å². The van der Waals surface area contributed by atoms with Crippen LogP contribution in [0.25, 0.3) is 0 Å². The van der Waals surface area contributed by atoms with Crippen molar-refractivity contribution < 1.29 is 39.2 Å². The first-order chi connectivity index (χ1) is 18.1. The predicted molar refractivity (Wildman–Crippen MR) is 148 cm³/mol. The number of aliphatic hydroxyl groups excluding tert-OH is 2. The normalized spacial score (nSPS) is 42.4. The molecule has 0 amide bonds. The number of allylic oxidation sites excluding steroid dienone is 2. The van der Waals surface area contributed by atoms with Gasteiger partial charge in [-0.15, -0.1) is 0 Å². The van der Waals surface area contributed by atoms with Crippen LogP contribution in [0.1, 0.15) is 88.0 Å². The van der Waals surface area contributed by atoms with Crippen molar-refractivity contribution in [3.8, 4) is 0 Å². The Hall–Kier alpha value is -2.16. The van der Waals surface area contributed by atoms with Gasteiger partial charge in [0.2, 0.25) is 0 Å². The number of hydrogen-bond donors (Lipinski definition) is 3. The Morgan fingerprint density at radius 1 is 1.05 bits per heavy atom. The van der Waals surface area contributed by atoms with Crippen LogP contribution in [-0.2, 0) is 23.9 Å². The predicted octanol–water partition coefficient (Wildman–Crippen LogP) is 3.50. The number of rotatable bonds is 5. The zero-order valence-electron chi connectivity index (χ0n) is 25.3. The van der Waals surface area contributed by atoms with Gasteiger partial charge in [0, 0.05) is 30.1 Å². The Bertz CT molecular complexity index is 1210. The minimum atomic E-state index is -1.99. The summed E-state index contributed by atoms with van der Waals surface area (Å²) < 4.78 is 5.23. The number of carbonyl (C=O) groups excluding carboxylic acids is 4. The molecule has 2 unspecified atom stereocenters. The highest BCUT2D eigenvalue weighted by molar-refractivity contribution is 5.98. The summed E-state index contributed by atoms with van der Waals surface area (Å²) in [4.78, 5) is 52.1. The Morgan fingerprint density at radius 2 is 1.65 bits per heavy atom. The molecule has 0 heterocycles. The Balaban J connectivity index is 1.75. The third-order valence-electron chi connectivity index (χ3n) is 11.5. The highest BCUT2D eigenvalue weighted by atomic mass is 16.6. The second-order valence-electron chi connectivity index (χ2n) is 14.8. The minimum absolute atomic E-state index is 0.0284. The average molecular weight is 559 g/mol. The first-order valence-corrected chi connectivity index (χ1v) is 14.4. The molecule has 3 saturated carbocycles. The number of ether oxygens (including phenoxy) is 1. The molecule has 8 nitrogen and oxygen atoms in total. The molecule has 4 rings (SSSR count). The van der Waals surface area contributed by atoms with Gasteiger partial charge in [0.25, 0.3) is 0 Å². The molecule has 0 spiro atoms. The molecule has 222 valence electrons. The fourth-order valence-corrected chi connectivity index (χ4v) is 9.40. The molecule has 40 heavy (non-hydrogen) atoms. The third kappa shape index (κ3) is 4.11. The van der Waals surface area contributed by atoms with E-state index in [0.717, 1.165) is 5.57 Å². The van der Waals surface area contributed by atoms with Crippen LogP contribution in [0.2, 0.25) is 0 Å². The van der Waals surface area contributed by atoms with Crippen molar-refractivity contribution in [2.45, 2.75) is 111 Å². The lowest BCUT2D eigenvalue weighted by atomic mass is 9.38. The van der Waals surface area contributed by atoms with Crippen molar-refractivity contribution >= 4 is 23.3 Å². The second-order valence-corrected chi connectivity index (χ2v) is 14.8. The number of aliphatic hydroxyl groups is 3. The smallest absolute Gasteiger partial charge is 0.303 e. The van der Waals surface area contributed by atoms with Gasteiger partial charge in [-0.1, -0.05) is 32.4 Å². The van der Waals surface area contributed by atoms with Gasteiger partial charge in [-0.05, 0) is 88.7 Å². The van der Waals surface area contributed by atoms with E-state index < -0.39 is 62.7 Å². The SMILES string of the molecule is CC(=O)OC(C)(C)/C=C/C(=O)[C@](C)(O)[C@H]1[C@H](O)CC2(C)C3CC=C4[C@@H](C[C@H](O)C(=O)C4(C)C)[C@]3(C)C(=O)C[C@]12C. The number of esters is 1. The molecule has 4 aliphatic rings. The van der Waals surface area contributed by atoms with Gasteiger partial charge in [0.05, 0.1) is 6.10 Å². The summed E-state index contributed by atoms with van der Waals surface area (Å²) in [5.41, 5.74) is -5.43. The Kier molecular flexibility index (Phi) is 7.06. The van der Waals surface area contributed by atoms with E-state index in [1.807, 2.05) is 27.7 Å². The van der Waals surface area contributed by atoms with E-state index in [4.69, 9.17) is 4.74 Å². The summed E-state index contributed by atoms with van der Waals surface area (Å²) in [5.74, 6) is -2.85. The zero-order valence-corrected chi connectivity index (χ0v) is 25.3. The van der Waals surface area contributed by atoms with E-state index in [1.165, 1.54) is 26.0 Å². The molecule has 3 N–H and O–H groups in total. The summed E-state index contributed by atoms with van der Waals surface area (Å²) in [6, 6.07) is 0. The number of Topliss-reactive ketones (excluding diaryl/α,β-unsaturated/α-hetero) is 2. The number of ketones is 3. The largest absolute Gasteiger partial charge is 0.456 e. The first kappa shape index (κ1) is 30.8.